The molecule has 0 bridgehead atoms. The number of hydrogen-bond acceptors (Lipinski definition) is 4. The molecule has 0 aromatic carbocycles. The predicted octanol–water partition coefficient (Wildman–Crippen LogP) is 4.17. The van der Waals surface area contributed by atoms with Gasteiger partial charge in [-0.05, 0) is 64.2 Å². The summed E-state index contributed by atoms with van der Waals surface area (Å²) >= 11 is 4.24. The van der Waals surface area contributed by atoms with Gasteiger partial charge in [0.1, 0.15) is 0 Å². The fourth-order valence-electron chi connectivity index (χ4n) is 1.55. The van der Waals surface area contributed by atoms with Crippen molar-refractivity contribution in [3.05, 3.63) is 0 Å². The Labute approximate surface area is 161 Å². The van der Waals surface area contributed by atoms with E-state index in [1.54, 1.807) is 0 Å². The van der Waals surface area contributed by atoms with Crippen LogP contribution in [0, 0.1) is 0 Å². The molecule has 0 fully saturated rings. The summed E-state index contributed by atoms with van der Waals surface area (Å²) in [6, 6.07) is 2.29. The van der Waals surface area contributed by atoms with Gasteiger partial charge in [-0.15, -0.1) is 0 Å². The maximum absolute atomic E-state index is 6.05. The lowest BCUT2D eigenvalue weighted by Gasteiger charge is -2.28. The van der Waals surface area contributed by atoms with Crippen molar-refractivity contribution < 1.29 is 8.23 Å². The number of hydrogen-bond donors (Lipinski definition) is 2. The summed E-state index contributed by atoms with van der Waals surface area (Å²) in [5, 5.41) is 0. The second-order valence-corrected chi connectivity index (χ2v) is 16.3. The average Bonchev–Trinajstić information content (AvgIpc) is 2.36. The number of rotatable bonds is 10. The van der Waals surface area contributed by atoms with E-state index in [1.807, 2.05) is 0 Å². The molecule has 4 nitrogen and oxygen atoms in total. The second-order valence-electron chi connectivity index (χ2n) is 5.71. The fourth-order valence-corrected chi connectivity index (χ4v) is 8.13. The van der Waals surface area contributed by atoms with E-state index in [2.05, 4.69) is 63.4 Å². The zero-order valence-corrected chi connectivity index (χ0v) is 20.4. The third kappa shape index (κ3) is 22.0. The Bertz CT molecular complexity index is 195. The van der Waals surface area contributed by atoms with Gasteiger partial charge in [0.05, 0.1) is 0 Å². The van der Waals surface area contributed by atoms with E-state index in [9.17, 15) is 0 Å². The summed E-state index contributed by atoms with van der Waals surface area (Å²) in [5.41, 5.74) is 11.1. The van der Waals surface area contributed by atoms with Gasteiger partial charge in [-0.3, -0.25) is 0 Å². The van der Waals surface area contributed by atoms with Gasteiger partial charge < -0.3 is 19.7 Å². The molecule has 0 heterocycles. The van der Waals surface area contributed by atoms with E-state index < -0.39 is 26.6 Å². The van der Waals surface area contributed by atoms with Crippen molar-refractivity contribution in [1.82, 2.24) is 0 Å². The molecule has 0 spiro atoms. The van der Waals surface area contributed by atoms with Crippen molar-refractivity contribution >= 4 is 63.9 Å². The molecule has 21 heavy (non-hydrogen) atoms. The molecule has 0 aliphatic heterocycles. The Morgan fingerprint density at radius 1 is 0.810 bits per heavy atom. The minimum atomic E-state index is -1.50. The van der Waals surface area contributed by atoms with Crippen LogP contribution in [0.4, 0.5) is 0 Å². The highest BCUT2D eigenvalue weighted by molar-refractivity contribution is 15.0. The average molecular weight is 581 g/mol. The maximum atomic E-state index is 6.05. The van der Waals surface area contributed by atoms with Crippen molar-refractivity contribution in [1.29, 1.82) is 0 Å². The van der Waals surface area contributed by atoms with E-state index >= 15 is 0 Å². The van der Waals surface area contributed by atoms with Gasteiger partial charge >= 0.3 is 0 Å². The zero-order chi connectivity index (χ0) is 15.4. The molecule has 0 amide bonds. The first-order chi connectivity index (χ1) is 8.83. The van der Waals surface area contributed by atoms with Crippen LogP contribution in [0.5, 0.6) is 0 Å². The molecule has 0 saturated carbocycles. The molecule has 4 N–H and O–H groups in total. The zero-order valence-electron chi connectivity index (χ0n) is 12.7. The van der Waals surface area contributed by atoms with Crippen LogP contribution in [0.3, 0.4) is 0 Å². The minimum Gasteiger partial charge on any atom is -0.441 e. The summed E-state index contributed by atoms with van der Waals surface area (Å²) < 4.78 is 12.1. The van der Waals surface area contributed by atoms with Gasteiger partial charge in [-0.2, -0.15) is 0 Å². The molecule has 0 unspecified atom stereocenters. The second kappa shape index (κ2) is 18.3. The molecule has 0 atom stereocenters. The first-order valence-electron chi connectivity index (χ1n) is 6.65. The molecule has 0 aliphatic carbocycles. The SMILES string of the molecule is C.C.C[Si](C)(CCCN)O[SiH2]O[Si](C)(C)CCCN.II. The van der Waals surface area contributed by atoms with Gasteiger partial charge in [-0.1, -0.05) is 14.9 Å². The smallest absolute Gasteiger partial charge is 0.283 e. The summed E-state index contributed by atoms with van der Waals surface area (Å²) in [5.74, 6) is 0. The van der Waals surface area contributed by atoms with Crippen LogP contribution < -0.4 is 11.5 Å². The van der Waals surface area contributed by atoms with Crippen LogP contribution in [0.25, 0.3) is 0 Å². The topological polar surface area (TPSA) is 70.5 Å². The summed E-state index contributed by atoms with van der Waals surface area (Å²) in [6.45, 7) is 10.6. The van der Waals surface area contributed by atoms with Crippen LogP contribution >= 0.6 is 37.2 Å². The van der Waals surface area contributed by atoms with Crippen LogP contribution in [0.15, 0.2) is 0 Å². The Kier molecular flexibility index (Phi) is 26.8. The van der Waals surface area contributed by atoms with Crippen molar-refractivity contribution in [3.63, 3.8) is 0 Å². The quantitative estimate of drug-likeness (QED) is 0.301. The normalized spacial score (nSPS) is 10.9. The van der Waals surface area contributed by atoms with Crippen LogP contribution in [0.1, 0.15) is 27.7 Å². The van der Waals surface area contributed by atoms with Crippen molar-refractivity contribution in [3.8, 4) is 0 Å². The first-order valence-corrected chi connectivity index (χ1v) is 20.3. The van der Waals surface area contributed by atoms with E-state index in [4.69, 9.17) is 19.7 Å². The van der Waals surface area contributed by atoms with E-state index in [0.29, 0.717) is 0 Å². The Morgan fingerprint density at radius 2 is 1.10 bits per heavy atom. The monoisotopic (exact) mass is 580 g/mol. The van der Waals surface area contributed by atoms with Gasteiger partial charge in [0.15, 0.2) is 16.6 Å². The van der Waals surface area contributed by atoms with E-state index in [1.165, 1.54) is 0 Å². The fraction of sp³-hybridized carbons (Fsp3) is 1.00. The predicted molar refractivity (Wildman–Crippen MR) is 124 cm³/mol. The minimum absolute atomic E-state index is 0. The van der Waals surface area contributed by atoms with E-state index in [-0.39, 0.29) is 14.9 Å². The number of halogens is 2. The molecule has 134 valence electrons. The third-order valence-electron chi connectivity index (χ3n) is 2.87. The molecule has 0 aromatic heterocycles. The molecule has 0 radical (unpaired) electrons. The Balaban J connectivity index is -0.000000344. The van der Waals surface area contributed by atoms with Crippen molar-refractivity contribution in [2.75, 3.05) is 13.1 Å². The van der Waals surface area contributed by atoms with Gasteiger partial charge in [0, 0.05) is 37.2 Å². The molecule has 9 heteroatoms. The summed E-state index contributed by atoms with van der Waals surface area (Å²) in [6.07, 6.45) is 2.14. The lowest BCUT2D eigenvalue weighted by Crippen LogP contribution is -2.39. The van der Waals surface area contributed by atoms with Crippen molar-refractivity contribution in [2.24, 2.45) is 11.5 Å². The van der Waals surface area contributed by atoms with Crippen molar-refractivity contribution in [2.45, 2.75) is 66.0 Å². The lowest BCUT2D eigenvalue weighted by molar-refractivity contribution is 0.446. The molecular weight excluding hydrogens is 542 g/mol. The third-order valence-corrected chi connectivity index (χ3v) is 13.2. The van der Waals surface area contributed by atoms with Gasteiger partial charge in [-0.25, -0.2) is 0 Å². The largest absolute Gasteiger partial charge is 0.441 e. The lowest BCUT2D eigenvalue weighted by atomic mass is 10.5. The Morgan fingerprint density at radius 3 is 1.33 bits per heavy atom. The standard InChI is InChI=1S/C10H30N2O2Si3.2CH4.I2/c1-16(2,9-5-7-11)13-15-14-17(3,4)10-6-8-12;;;1-2/h5-12,15H2,1-4H3;2*1H4;. The van der Waals surface area contributed by atoms with Crippen LogP contribution in [-0.2, 0) is 8.23 Å². The molecule has 0 aromatic rings. The van der Waals surface area contributed by atoms with Crippen LogP contribution in [-0.4, -0.2) is 39.7 Å². The Hall–Kier alpha value is 1.95. The molecule has 0 aliphatic rings. The first kappa shape index (κ1) is 30.8. The summed E-state index contributed by atoms with van der Waals surface area (Å²) in [4.78, 5) is 0. The molecule has 0 saturated heterocycles. The highest BCUT2D eigenvalue weighted by Crippen LogP contribution is 2.16. The highest BCUT2D eigenvalue weighted by Gasteiger charge is 2.25. The van der Waals surface area contributed by atoms with Crippen LogP contribution in [0.2, 0.25) is 38.3 Å². The molecule has 0 rings (SSSR count). The summed E-state index contributed by atoms with van der Waals surface area (Å²) in [7, 11) is -3.81. The van der Waals surface area contributed by atoms with Gasteiger partial charge in [0.2, 0.25) is 0 Å². The maximum Gasteiger partial charge on any atom is 0.283 e. The molecular formula is C12H38I2N2O2Si3. The van der Waals surface area contributed by atoms with E-state index in [0.717, 1.165) is 38.0 Å². The van der Waals surface area contributed by atoms with Gasteiger partial charge in [0.25, 0.3) is 10.0 Å². The number of nitrogens with two attached hydrogens (primary N) is 2. The highest BCUT2D eigenvalue weighted by atomic mass is 128.